The lowest BCUT2D eigenvalue weighted by atomic mass is 10.1. The van der Waals surface area contributed by atoms with Crippen LogP contribution in [0.5, 0.6) is 0 Å². The third-order valence-corrected chi connectivity index (χ3v) is 4.57. The van der Waals surface area contributed by atoms with E-state index < -0.39 is 0 Å². The Morgan fingerprint density at radius 3 is 2.56 bits per heavy atom. The number of aromatic amines is 1. The molecule has 0 aliphatic rings. The van der Waals surface area contributed by atoms with Gasteiger partial charge in [0.25, 0.3) is 11.8 Å². The molecular formula is C20H21BrN4O2. The number of carbonyl (C=O) groups is 2. The number of hydrazine groups is 1. The van der Waals surface area contributed by atoms with E-state index in [9.17, 15) is 9.59 Å². The molecule has 2 amide bonds. The number of amides is 2. The zero-order valence-corrected chi connectivity index (χ0v) is 16.5. The topological polar surface area (TPSA) is 86.0 Å². The molecule has 0 saturated carbocycles. The maximum absolute atomic E-state index is 12.4. The number of benzene rings is 2. The summed E-state index contributed by atoms with van der Waals surface area (Å²) in [5.41, 5.74) is 8.41. The van der Waals surface area contributed by atoms with Gasteiger partial charge in [-0.15, -0.1) is 0 Å². The quantitative estimate of drug-likeness (QED) is 0.343. The molecule has 2 aromatic carbocycles. The van der Waals surface area contributed by atoms with E-state index in [-0.39, 0.29) is 11.8 Å². The number of H-pyrrole nitrogens is 1. The van der Waals surface area contributed by atoms with Gasteiger partial charge in [0.05, 0.1) is 0 Å². The Kier molecular flexibility index (Phi) is 6.26. The number of halogens is 1. The monoisotopic (exact) mass is 428 g/mol. The van der Waals surface area contributed by atoms with Crippen LogP contribution in [-0.2, 0) is 6.54 Å². The summed E-state index contributed by atoms with van der Waals surface area (Å²) >= 11 is 3.43. The van der Waals surface area contributed by atoms with Crippen molar-refractivity contribution in [2.75, 3.05) is 6.54 Å². The molecule has 7 heteroatoms. The summed E-state index contributed by atoms with van der Waals surface area (Å²) in [5, 5.41) is 3.86. The fourth-order valence-corrected chi connectivity index (χ4v) is 3.00. The molecule has 0 radical (unpaired) electrons. The van der Waals surface area contributed by atoms with Crippen LogP contribution in [0.1, 0.15) is 39.8 Å². The molecule has 27 heavy (non-hydrogen) atoms. The molecule has 6 nitrogen and oxygen atoms in total. The molecule has 0 fully saturated rings. The molecular weight excluding hydrogens is 408 g/mol. The molecule has 0 unspecified atom stereocenters. The molecule has 3 rings (SSSR count). The van der Waals surface area contributed by atoms with Gasteiger partial charge in [-0.1, -0.05) is 35.0 Å². The summed E-state index contributed by atoms with van der Waals surface area (Å²) < 4.78 is 0.968. The third kappa shape index (κ3) is 4.96. The van der Waals surface area contributed by atoms with Crippen molar-refractivity contribution in [3.8, 4) is 0 Å². The van der Waals surface area contributed by atoms with Crippen LogP contribution in [0.3, 0.4) is 0 Å². The van der Waals surface area contributed by atoms with Crippen molar-refractivity contribution >= 4 is 38.6 Å². The number of carbonyl (C=O) groups excluding carboxylic acids is 2. The molecule has 0 atom stereocenters. The Bertz CT molecular complexity index is 950. The first-order chi connectivity index (χ1) is 13.1. The number of fused-ring (bicyclic) bond motifs is 1. The maximum atomic E-state index is 12.4. The first-order valence-corrected chi connectivity index (χ1v) is 9.54. The highest BCUT2D eigenvalue weighted by Gasteiger charge is 2.10. The van der Waals surface area contributed by atoms with Gasteiger partial charge in [0.2, 0.25) is 0 Å². The van der Waals surface area contributed by atoms with Gasteiger partial charge in [-0.3, -0.25) is 15.0 Å². The number of hydrogen-bond acceptors (Lipinski definition) is 3. The second-order valence-corrected chi connectivity index (χ2v) is 7.09. The minimum absolute atomic E-state index is 0.173. The first kappa shape index (κ1) is 19.1. The van der Waals surface area contributed by atoms with Crippen molar-refractivity contribution in [1.29, 1.82) is 0 Å². The highest BCUT2D eigenvalue weighted by Crippen LogP contribution is 2.20. The Morgan fingerprint density at radius 1 is 1.04 bits per heavy atom. The summed E-state index contributed by atoms with van der Waals surface area (Å²) in [6.07, 6.45) is 0.937. The van der Waals surface area contributed by atoms with E-state index in [0.717, 1.165) is 33.9 Å². The second kappa shape index (κ2) is 8.83. The van der Waals surface area contributed by atoms with Gasteiger partial charge in [-0.05, 0) is 48.4 Å². The van der Waals surface area contributed by atoms with E-state index in [2.05, 4.69) is 37.1 Å². The Morgan fingerprint density at radius 2 is 1.81 bits per heavy atom. The van der Waals surface area contributed by atoms with Crippen molar-refractivity contribution in [1.82, 2.24) is 21.2 Å². The number of rotatable bonds is 7. The van der Waals surface area contributed by atoms with Crippen LogP contribution in [0.25, 0.3) is 10.9 Å². The van der Waals surface area contributed by atoms with Crippen LogP contribution in [0, 0.1) is 0 Å². The molecule has 0 bridgehead atoms. The normalized spacial score (nSPS) is 10.7. The summed E-state index contributed by atoms with van der Waals surface area (Å²) in [6, 6.07) is 14.8. The summed E-state index contributed by atoms with van der Waals surface area (Å²) in [5.74, 6) is -0.351. The number of aromatic nitrogens is 1. The van der Waals surface area contributed by atoms with Gasteiger partial charge < -0.3 is 10.3 Å². The van der Waals surface area contributed by atoms with Gasteiger partial charge in [0.15, 0.2) is 0 Å². The molecule has 0 saturated heterocycles. The van der Waals surface area contributed by atoms with Gasteiger partial charge in [-0.25, -0.2) is 5.43 Å². The van der Waals surface area contributed by atoms with E-state index in [1.807, 2.05) is 43.3 Å². The highest BCUT2D eigenvalue weighted by molar-refractivity contribution is 9.10. The summed E-state index contributed by atoms with van der Waals surface area (Å²) in [4.78, 5) is 27.4. The molecule has 1 heterocycles. The molecule has 0 aliphatic carbocycles. The Balaban J connectivity index is 1.57. The standard InChI is InChI=1S/C20H21BrN4O2/c1-2-9-23-25-19(26)14-5-3-13(4-6-14)12-22-20(27)18-11-15-10-16(21)7-8-17(15)24-18/h3-8,10-11,23-24H,2,9,12H2,1H3,(H,22,27)(H,25,26). The SMILES string of the molecule is CCCNNC(=O)c1ccc(CNC(=O)c2cc3cc(Br)ccc3[nH]2)cc1. The van der Waals surface area contributed by atoms with Crippen LogP contribution >= 0.6 is 15.9 Å². The van der Waals surface area contributed by atoms with E-state index >= 15 is 0 Å². The average Bonchev–Trinajstić information content (AvgIpc) is 3.10. The lowest BCUT2D eigenvalue weighted by Gasteiger charge is -2.07. The van der Waals surface area contributed by atoms with Crippen LogP contribution in [0.15, 0.2) is 53.0 Å². The van der Waals surface area contributed by atoms with Gasteiger partial charge >= 0.3 is 0 Å². The van der Waals surface area contributed by atoms with Crippen LogP contribution in [-0.4, -0.2) is 23.3 Å². The Labute approximate surface area is 165 Å². The van der Waals surface area contributed by atoms with Crippen LogP contribution in [0.4, 0.5) is 0 Å². The van der Waals surface area contributed by atoms with Gasteiger partial charge in [0.1, 0.15) is 5.69 Å². The van der Waals surface area contributed by atoms with Crippen molar-refractivity contribution in [3.05, 3.63) is 69.8 Å². The molecule has 0 aliphatic heterocycles. The molecule has 3 aromatic rings. The van der Waals surface area contributed by atoms with Gasteiger partial charge in [0, 0.05) is 34.0 Å². The van der Waals surface area contributed by atoms with Crippen LogP contribution < -0.4 is 16.2 Å². The zero-order valence-electron chi connectivity index (χ0n) is 14.9. The van der Waals surface area contributed by atoms with Crippen molar-refractivity contribution in [2.24, 2.45) is 0 Å². The van der Waals surface area contributed by atoms with Crippen molar-refractivity contribution < 1.29 is 9.59 Å². The highest BCUT2D eigenvalue weighted by atomic mass is 79.9. The summed E-state index contributed by atoms with van der Waals surface area (Å²) in [6.45, 7) is 3.13. The molecule has 0 spiro atoms. The Hall–Kier alpha value is -2.64. The minimum atomic E-state index is -0.178. The predicted molar refractivity (Wildman–Crippen MR) is 109 cm³/mol. The third-order valence-electron chi connectivity index (χ3n) is 4.07. The maximum Gasteiger partial charge on any atom is 0.267 e. The molecule has 1 aromatic heterocycles. The average molecular weight is 429 g/mol. The van der Waals surface area contributed by atoms with E-state index in [0.29, 0.717) is 17.8 Å². The fourth-order valence-electron chi connectivity index (χ4n) is 2.62. The first-order valence-electron chi connectivity index (χ1n) is 8.75. The smallest absolute Gasteiger partial charge is 0.267 e. The second-order valence-electron chi connectivity index (χ2n) is 6.18. The lowest BCUT2D eigenvalue weighted by molar-refractivity contribution is 0.0929. The van der Waals surface area contributed by atoms with E-state index in [1.165, 1.54) is 0 Å². The predicted octanol–water partition coefficient (Wildman–Crippen LogP) is 3.50. The van der Waals surface area contributed by atoms with Gasteiger partial charge in [-0.2, -0.15) is 0 Å². The van der Waals surface area contributed by atoms with Crippen LogP contribution in [0.2, 0.25) is 0 Å². The fraction of sp³-hybridized carbons (Fsp3) is 0.200. The molecule has 4 N–H and O–H groups in total. The minimum Gasteiger partial charge on any atom is -0.351 e. The number of nitrogens with one attached hydrogen (secondary N) is 4. The van der Waals surface area contributed by atoms with E-state index in [4.69, 9.17) is 0 Å². The summed E-state index contributed by atoms with van der Waals surface area (Å²) in [7, 11) is 0. The van der Waals surface area contributed by atoms with Crippen molar-refractivity contribution in [2.45, 2.75) is 19.9 Å². The lowest BCUT2D eigenvalue weighted by Crippen LogP contribution is -2.37. The largest absolute Gasteiger partial charge is 0.351 e. The zero-order chi connectivity index (χ0) is 19.2. The van der Waals surface area contributed by atoms with Crippen molar-refractivity contribution in [3.63, 3.8) is 0 Å². The molecule has 140 valence electrons. The van der Waals surface area contributed by atoms with E-state index in [1.54, 1.807) is 12.1 Å². The number of hydrogen-bond donors (Lipinski definition) is 4.